The van der Waals surface area contributed by atoms with Gasteiger partial charge >= 0.3 is 0 Å². The zero-order valence-corrected chi connectivity index (χ0v) is 12.3. The van der Waals surface area contributed by atoms with Gasteiger partial charge in [0.15, 0.2) is 0 Å². The van der Waals surface area contributed by atoms with Gasteiger partial charge in [-0.2, -0.15) is 0 Å². The highest BCUT2D eigenvalue weighted by molar-refractivity contribution is 9.10. The topological polar surface area (TPSA) is 0 Å². The molecule has 2 atom stereocenters. The molecule has 0 aliphatic heterocycles. The van der Waals surface area contributed by atoms with Gasteiger partial charge in [-0.1, -0.05) is 39.7 Å². The van der Waals surface area contributed by atoms with E-state index < -0.39 is 0 Å². The van der Waals surface area contributed by atoms with Crippen molar-refractivity contribution in [2.45, 2.75) is 5.66 Å². The third-order valence-corrected chi connectivity index (χ3v) is 4.24. The summed E-state index contributed by atoms with van der Waals surface area (Å²) in [6.45, 7) is 0. The number of halogens is 3. The number of rotatable bonds is 2. The van der Waals surface area contributed by atoms with Crippen LogP contribution in [0, 0.1) is 5.82 Å². The van der Waals surface area contributed by atoms with E-state index >= 15 is 0 Å². The van der Waals surface area contributed by atoms with Crippen molar-refractivity contribution in [3.63, 3.8) is 0 Å². The Hall–Kier alpha value is -0.430. The molecule has 0 radical (unpaired) electrons. The molecule has 2 aromatic carbocycles. The quantitative estimate of drug-likeness (QED) is 0.663. The molecule has 0 amide bonds. The fourth-order valence-corrected chi connectivity index (χ4v) is 2.96. The SMILES string of the molecule is Fc1ccc(Br)c(C(P)c2ccc(Cl)cc2)c1. The largest absolute Gasteiger partial charge is 0.207 e. The van der Waals surface area contributed by atoms with E-state index in [0.29, 0.717) is 5.02 Å². The van der Waals surface area contributed by atoms with Crippen LogP contribution < -0.4 is 0 Å². The first-order valence-electron chi connectivity index (χ1n) is 5.04. The molecule has 0 nitrogen and oxygen atoms in total. The summed E-state index contributed by atoms with van der Waals surface area (Å²) in [5, 5.41) is 0.698. The summed E-state index contributed by atoms with van der Waals surface area (Å²) in [7, 11) is 2.72. The Morgan fingerprint density at radius 2 is 1.76 bits per heavy atom. The van der Waals surface area contributed by atoms with Crippen molar-refractivity contribution in [1.29, 1.82) is 0 Å². The standard InChI is InChI=1S/C13H10BrClFP/c14-12-6-5-10(16)7-11(12)13(17)8-1-3-9(15)4-2-8/h1-7,13H,17H2. The van der Waals surface area contributed by atoms with Crippen LogP contribution in [0.25, 0.3) is 0 Å². The van der Waals surface area contributed by atoms with E-state index in [4.69, 9.17) is 11.6 Å². The molecule has 4 heteroatoms. The summed E-state index contributed by atoms with van der Waals surface area (Å²) in [5.41, 5.74) is 2.01. The molecule has 0 heterocycles. The van der Waals surface area contributed by atoms with Crippen LogP contribution in [-0.2, 0) is 0 Å². The minimum absolute atomic E-state index is 0.0392. The average Bonchev–Trinajstić information content (AvgIpc) is 2.32. The minimum Gasteiger partial charge on any atom is -0.207 e. The second kappa shape index (κ2) is 5.48. The Morgan fingerprint density at radius 1 is 1.12 bits per heavy atom. The highest BCUT2D eigenvalue weighted by Gasteiger charge is 2.12. The summed E-state index contributed by atoms with van der Waals surface area (Å²) in [4.78, 5) is 0. The molecular weight excluding hydrogens is 321 g/mol. The van der Waals surface area contributed by atoms with Crippen molar-refractivity contribution in [3.8, 4) is 0 Å². The predicted octanol–water partition coefficient (Wildman–Crippen LogP) is 5.21. The maximum absolute atomic E-state index is 13.2. The molecule has 0 N–H and O–H groups in total. The first-order valence-corrected chi connectivity index (χ1v) is 6.87. The molecule has 0 aliphatic rings. The molecule has 0 saturated carbocycles. The zero-order valence-electron chi connectivity index (χ0n) is 8.83. The summed E-state index contributed by atoms with van der Waals surface area (Å²) in [6.07, 6.45) is 0. The molecule has 2 aromatic rings. The summed E-state index contributed by atoms with van der Waals surface area (Å²) in [5.74, 6) is -0.232. The fourth-order valence-electron chi connectivity index (χ4n) is 1.60. The monoisotopic (exact) mass is 330 g/mol. The van der Waals surface area contributed by atoms with Crippen LogP contribution in [0.15, 0.2) is 46.9 Å². The Balaban J connectivity index is 2.39. The molecule has 88 valence electrons. The Morgan fingerprint density at radius 3 is 2.41 bits per heavy atom. The number of hydrogen-bond acceptors (Lipinski definition) is 0. The van der Waals surface area contributed by atoms with E-state index in [9.17, 15) is 4.39 Å². The molecular formula is C13H10BrClFP. The van der Waals surface area contributed by atoms with E-state index in [1.807, 2.05) is 24.3 Å². The van der Waals surface area contributed by atoms with Crippen LogP contribution in [0.5, 0.6) is 0 Å². The maximum Gasteiger partial charge on any atom is 0.123 e. The van der Waals surface area contributed by atoms with Crippen molar-refractivity contribution < 1.29 is 4.39 Å². The van der Waals surface area contributed by atoms with Gasteiger partial charge in [-0.05, 0) is 41.5 Å². The van der Waals surface area contributed by atoms with Gasteiger partial charge in [0.25, 0.3) is 0 Å². The first-order chi connectivity index (χ1) is 8.08. The van der Waals surface area contributed by atoms with E-state index in [1.54, 1.807) is 6.07 Å². The lowest BCUT2D eigenvalue weighted by molar-refractivity contribution is 0.625. The van der Waals surface area contributed by atoms with Crippen LogP contribution in [0.2, 0.25) is 5.02 Å². The van der Waals surface area contributed by atoms with Crippen LogP contribution in [0.3, 0.4) is 0 Å². The van der Waals surface area contributed by atoms with Crippen molar-refractivity contribution >= 4 is 36.8 Å². The van der Waals surface area contributed by atoms with E-state index in [1.165, 1.54) is 12.1 Å². The number of benzene rings is 2. The molecule has 0 saturated heterocycles. The molecule has 0 aliphatic carbocycles. The second-order valence-corrected chi connectivity index (χ2v) is 5.65. The van der Waals surface area contributed by atoms with Gasteiger partial charge < -0.3 is 0 Å². The van der Waals surface area contributed by atoms with Crippen molar-refractivity contribution in [1.82, 2.24) is 0 Å². The Kier molecular flexibility index (Phi) is 4.19. The lowest BCUT2D eigenvalue weighted by atomic mass is 10.0. The third kappa shape index (κ3) is 3.07. The maximum atomic E-state index is 13.2. The third-order valence-electron chi connectivity index (χ3n) is 2.52. The van der Waals surface area contributed by atoms with E-state index in [0.717, 1.165) is 15.6 Å². The average molecular weight is 332 g/mol. The van der Waals surface area contributed by atoms with Crippen LogP contribution in [0.4, 0.5) is 4.39 Å². The number of hydrogen-bond donors (Lipinski definition) is 0. The molecule has 2 rings (SSSR count). The van der Waals surface area contributed by atoms with E-state index in [2.05, 4.69) is 25.2 Å². The zero-order chi connectivity index (χ0) is 12.4. The molecule has 2 unspecified atom stereocenters. The van der Waals surface area contributed by atoms with Gasteiger partial charge in [0, 0.05) is 15.2 Å². The Bertz CT molecular complexity index is 527. The van der Waals surface area contributed by atoms with Gasteiger partial charge in [-0.3, -0.25) is 0 Å². The highest BCUT2D eigenvalue weighted by Crippen LogP contribution is 2.36. The van der Waals surface area contributed by atoms with Crippen LogP contribution >= 0.6 is 36.8 Å². The van der Waals surface area contributed by atoms with Crippen LogP contribution in [-0.4, -0.2) is 0 Å². The van der Waals surface area contributed by atoms with Gasteiger partial charge in [0.05, 0.1) is 0 Å². The minimum atomic E-state index is -0.232. The highest BCUT2D eigenvalue weighted by atomic mass is 79.9. The Labute approximate surface area is 116 Å². The summed E-state index contributed by atoms with van der Waals surface area (Å²) >= 11 is 9.28. The van der Waals surface area contributed by atoms with Gasteiger partial charge in [-0.25, -0.2) is 4.39 Å². The van der Waals surface area contributed by atoms with Gasteiger partial charge in [0.1, 0.15) is 5.82 Å². The smallest absolute Gasteiger partial charge is 0.123 e. The predicted molar refractivity (Wildman–Crippen MR) is 77.1 cm³/mol. The second-order valence-electron chi connectivity index (χ2n) is 3.70. The lowest BCUT2D eigenvalue weighted by Gasteiger charge is -2.14. The molecule has 17 heavy (non-hydrogen) atoms. The van der Waals surface area contributed by atoms with Crippen molar-refractivity contribution in [2.24, 2.45) is 0 Å². The van der Waals surface area contributed by atoms with Crippen LogP contribution in [0.1, 0.15) is 16.8 Å². The van der Waals surface area contributed by atoms with Gasteiger partial charge in [-0.15, -0.1) is 9.24 Å². The first kappa shape index (κ1) is 13.0. The molecule has 0 fully saturated rings. The summed E-state index contributed by atoms with van der Waals surface area (Å²) < 4.78 is 14.1. The van der Waals surface area contributed by atoms with Crippen molar-refractivity contribution in [2.75, 3.05) is 0 Å². The lowest BCUT2D eigenvalue weighted by Crippen LogP contribution is -1.94. The summed E-state index contributed by atoms with van der Waals surface area (Å²) in [6, 6.07) is 12.2. The van der Waals surface area contributed by atoms with E-state index in [-0.39, 0.29) is 11.5 Å². The molecule has 0 aromatic heterocycles. The molecule has 0 bridgehead atoms. The van der Waals surface area contributed by atoms with Gasteiger partial charge in [0.2, 0.25) is 0 Å². The normalized spacial score (nSPS) is 12.5. The van der Waals surface area contributed by atoms with Crippen molar-refractivity contribution in [3.05, 3.63) is 68.9 Å². The fraction of sp³-hybridized carbons (Fsp3) is 0.0769. The molecule has 0 spiro atoms.